The number of hydrogen-bond donors (Lipinski definition) is 1. The number of rotatable bonds is 5. The molecule has 2 heterocycles. The van der Waals surface area contributed by atoms with Gasteiger partial charge in [0.1, 0.15) is 0 Å². The summed E-state index contributed by atoms with van der Waals surface area (Å²) in [7, 11) is -3.61. The number of carbonyl (C=O) groups excluding carboxylic acids is 1. The van der Waals surface area contributed by atoms with Gasteiger partial charge in [-0.05, 0) is 68.3 Å². The second-order valence-corrected chi connectivity index (χ2v) is 10.2. The molecule has 4 rings (SSSR count). The molecule has 3 aromatic rings. The van der Waals surface area contributed by atoms with E-state index in [1.165, 1.54) is 45.5 Å². The highest BCUT2D eigenvalue weighted by Crippen LogP contribution is 2.26. The molecule has 0 bridgehead atoms. The topological polar surface area (TPSA) is 101 Å². The molecule has 1 amide bonds. The minimum absolute atomic E-state index is 0.0462. The maximum Gasteiger partial charge on any atom is 0.280 e. The summed E-state index contributed by atoms with van der Waals surface area (Å²) in [5, 5.41) is 7.30. The molecule has 1 aliphatic rings. The quantitative estimate of drug-likeness (QED) is 0.592. The Bertz CT molecular complexity index is 1320. The summed E-state index contributed by atoms with van der Waals surface area (Å²) >= 11 is 5.90. The van der Waals surface area contributed by atoms with Crippen LogP contribution in [0.3, 0.4) is 0 Å². The number of nitrogens with one attached hydrogen (secondary N) is 1. The fourth-order valence-electron chi connectivity index (χ4n) is 3.77. The first kappa shape index (κ1) is 23.2. The monoisotopic (exact) mass is 486 g/mol. The Morgan fingerprint density at radius 3 is 2.42 bits per heavy atom. The van der Waals surface area contributed by atoms with Crippen LogP contribution in [-0.4, -0.2) is 41.0 Å². The molecule has 0 radical (unpaired) electrons. The average molecular weight is 487 g/mol. The molecule has 1 saturated heterocycles. The molecule has 172 valence electrons. The molecule has 0 aliphatic carbocycles. The predicted octanol–water partition coefficient (Wildman–Crippen LogP) is 3.70. The summed E-state index contributed by atoms with van der Waals surface area (Å²) < 4.78 is 28.9. The third kappa shape index (κ3) is 5.00. The van der Waals surface area contributed by atoms with Crippen molar-refractivity contribution >= 4 is 33.2 Å². The molecular weight excluding hydrogens is 464 g/mol. The fourth-order valence-corrected chi connectivity index (χ4v) is 5.59. The van der Waals surface area contributed by atoms with Crippen LogP contribution in [-0.2, 0) is 10.0 Å². The second kappa shape index (κ2) is 9.46. The van der Waals surface area contributed by atoms with E-state index < -0.39 is 21.4 Å². The van der Waals surface area contributed by atoms with Crippen LogP contribution in [0.5, 0.6) is 0 Å². The van der Waals surface area contributed by atoms with Gasteiger partial charge in [0.05, 0.1) is 10.6 Å². The van der Waals surface area contributed by atoms with E-state index in [1.807, 2.05) is 6.92 Å². The highest BCUT2D eigenvalue weighted by atomic mass is 35.5. The van der Waals surface area contributed by atoms with E-state index in [4.69, 9.17) is 11.6 Å². The molecule has 0 saturated carbocycles. The van der Waals surface area contributed by atoms with E-state index in [-0.39, 0.29) is 16.6 Å². The Morgan fingerprint density at radius 1 is 1.06 bits per heavy atom. The summed E-state index contributed by atoms with van der Waals surface area (Å²) in [6.07, 6.45) is 4.16. The van der Waals surface area contributed by atoms with Crippen LogP contribution in [0, 0.1) is 0 Å². The molecule has 0 spiro atoms. The lowest BCUT2D eigenvalue weighted by molar-refractivity contribution is 0.101. The van der Waals surface area contributed by atoms with E-state index in [0.717, 1.165) is 19.3 Å². The summed E-state index contributed by atoms with van der Waals surface area (Å²) in [5.41, 5.74) is 0.172. The minimum atomic E-state index is -3.61. The van der Waals surface area contributed by atoms with Crippen LogP contribution in [0.2, 0.25) is 5.02 Å². The van der Waals surface area contributed by atoms with Crippen molar-refractivity contribution in [3.8, 4) is 5.69 Å². The standard InChI is InChI=1S/C23H23ClN4O4S/c1-16-4-2-3-14-28(16)33(31,32)20-11-7-18(8-12-20)25-23(30)22-21(29)13-15-27(26-22)19-9-5-17(24)6-10-19/h5-13,15-16H,2-4,14H2,1H3,(H,25,30). The first-order valence-corrected chi connectivity index (χ1v) is 12.4. The van der Waals surface area contributed by atoms with Gasteiger partial charge in [0, 0.05) is 35.6 Å². The molecule has 1 fully saturated rings. The van der Waals surface area contributed by atoms with E-state index >= 15 is 0 Å². The zero-order valence-electron chi connectivity index (χ0n) is 17.9. The number of carbonyl (C=O) groups is 1. The van der Waals surface area contributed by atoms with Gasteiger partial charge in [-0.25, -0.2) is 13.1 Å². The number of piperidine rings is 1. The van der Waals surface area contributed by atoms with Crippen molar-refractivity contribution in [1.29, 1.82) is 0 Å². The van der Waals surface area contributed by atoms with Crippen LogP contribution >= 0.6 is 11.6 Å². The summed E-state index contributed by atoms with van der Waals surface area (Å²) in [4.78, 5) is 25.1. The predicted molar refractivity (Wildman–Crippen MR) is 126 cm³/mol. The Balaban J connectivity index is 1.53. The van der Waals surface area contributed by atoms with Gasteiger partial charge in [-0.3, -0.25) is 9.59 Å². The Kier molecular flexibility index (Phi) is 6.64. The normalized spacial score (nSPS) is 17.0. The largest absolute Gasteiger partial charge is 0.320 e. The number of amides is 1. The smallest absolute Gasteiger partial charge is 0.280 e. The Hall–Kier alpha value is -3.01. The second-order valence-electron chi connectivity index (χ2n) is 7.89. The number of hydrogen-bond acceptors (Lipinski definition) is 5. The molecule has 1 aliphatic heterocycles. The van der Waals surface area contributed by atoms with Gasteiger partial charge in [-0.15, -0.1) is 0 Å². The van der Waals surface area contributed by atoms with Crippen LogP contribution in [0.4, 0.5) is 5.69 Å². The van der Waals surface area contributed by atoms with Gasteiger partial charge >= 0.3 is 0 Å². The van der Waals surface area contributed by atoms with Crippen molar-refractivity contribution in [1.82, 2.24) is 14.1 Å². The molecule has 8 nitrogen and oxygen atoms in total. The van der Waals surface area contributed by atoms with Gasteiger partial charge in [-0.1, -0.05) is 18.0 Å². The lowest BCUT2D eigenvalue weighted by Gasteiger charge is -2.32. The highest BCUT2D eigenvalue weighted by molar-refractivity contribution is 7.89. The van der Waals surface area contributed by atoms with E-state index in [9.17, 15) is 18.0 Å². The number of aromatic nitrogens is 2. The van der Waals surface area contributed by atoms with Crippen LogP contribution < -0.4 is 10.7 Å². The SMILES string of the molecule is CC1CCCCN1S(=O)(=O)c1ccc(NC(=O)c2nn(-c3ccc(Cl)cc3)ccc2=O)cc1. The van der Waals surface area contributed by atoms with Crippen molar-refractivity contribution in [2.24, 2.45) is 0 Å². The van der Waals surface area contributed by atoms with Crippen molar-refractivity contribution in [2.45, 2.75) is 37.1 Å². The number of nitrogens with zero attached hydrogens (tertiary/aromatic N) is 3. The van der Waals surface area contributed by atoms with Gasteiger partial charge in [-0.2, -0.15) is 9.40 Å². The van der Waals surface area contributed by atoms with Crippen LogP contribution in [0.25, 0.3) is 5.69 Å². The molecule has 1 N–H and O–H groups in total. The molecule has 33 heavy (non-hydrogen) atoms. The lowest BCUT2D eigenvalue weighted by atomic mass is 10.1. The Labute approximate surface area is 196 Å². The third-order valence-electron chi connectivity index (χ3n) is 5.58. The van der Waals surface area contributed by atoms with E-state index in [0.29, 0.717) is 22.9 Å². The van der Waals surface area contributed by atoms with E-state index in [1.54, 1.807) is 24.3 Å². The number of benzene rings is 2. The molecule has 1 unspecified atom stereocenters. The zero-order chi connectivity index (χ0) is 23.6. The summed E-state index contributed by atoms with van der Waals surface area (Å²) in [6.45, 7) is 2.41. The third-order valence-corrected chi connectivity index (χ3v) is 7.86. The van der Waals surface area contributed by atoms with Crippen molar-refractivity contribution in [2.75, 3.05) is 11.9 Å². The average Bonchev–Trinajstić information content (AvgIpc) is 2.80. The Morgan fingerprint density at radius 2 is 1.76 bits per heavy atom. The zero-order valence-corrected chi connectivity index (χ0v) is 19.5. The van der Waals surface area contributed by atoms with Gasteiger partial charge in [0.25, 0.3) is 5.91 Å². The van der Waals surface area contributed by atoms with Gasteiger partial charge < -0.3 is 5.32 Å². The fraction of sp³-hybridized carbons (Fsp3) is 0.261. The maximum atomic E-state index is 13.0. The minimum Gasteiger partial charge on any atom is -0.320 e. The molecular formula is C23H23ClN4O4S. The first-order valence-electron chi connectivity index (χ1n) is 10.5. The lowest BCUT2D eigenvalue weighted by Crippen LogP contribution is -2.41. The van der Waals surface area contributed by atoms with Crippen molar-refractivity contribution < 1.29 is 13.2 Å². The van der Waals surface area contributed by atoms with Crippen molar-refractivity contribution in [3.05, 3.63) is 81.7 Å². The number of anilines is 1. The van der Waals surface area contributed by atoms with Gasteiger partial charge in [0.2, 0.25) is 15.5 Å². The van der Waals surface area contributed by atoms with Crippen LogP contribution in [0.1, 0.15) is 36.7 Å². The first-order chi connectivity index (χ1) is 15.8. The van der Waals surface area contributed by atoms with E-state index in [2.05, 4.69) is 10.4 Å². The van der Waals surface area contributed by atoms with Gasteiger partial charge in [0.15, 0.2) is 5.69 Å². The maximum absolute atomic E-state index is 13.0. The molecule has 10 heteroatoms. The summed E-state index contributed by atoms with van der Waals surface area (Å²) in [5.74, 6) is -0.691. The highest BCUT2D eigenvalue weighted by Gasteiger charge is 2.30. The van der Waals surface area contributed by atoms with Crippen LogP contribution in [0.15, 0.2) is 70.5 Å². The number of sulfonamides is 1. The number of halogens is 1. The molecule has 1 aromatic heterocycles. The van der Waals surface area contributed by atoms with Crippen molar-refractivity contribution in [3.63, 3.8) is 0 Å². The summed E-state index contributed by atoms with van der Waals surface area (Å²) in [6, 6.07) is 13.9. The molecule has 2 aromatic carbocycles. The molecule has 1 atom stereocenters.